The standard InChI is InChI=1S/C33H27N7O/c1-38-31(23-13-15-26(16-14-23)39-21-36-28-11-4-5-12-29(28)39)20-35-33(38)30(19-25-9-6-7-17-34-25)40(22-41)32-18-24-8-2-3-10-27(24)37-32/h2-18,20-22,30,37H,19H2,1H3. The number of benzene rings is 3. The fourth-order valence-electron chi connectivity index (χ4n) is 5.49. The molecule has 0 aliphatic heterocycles. The van der Waals surface area contributed by atoms with Crippen molar-refractivity contribution in [2.45, 2.75) is 12.5 Å². The summed E-state index contributed by atoms with van der Waals surface area (Å²) in [5.41, 5.74) is 6.88. The van der Waals surface area contributed by atoms with Crippen LogP contribution in [0.1, 0.15) is 17.6 Å². The van der Waals surface area contributed by atoms with Gasteiger partial charge in [0.15, 0.2) is 0 Å². The van der Waals surface area contributed by atoms with Crippen LogP contribution in [-0.2, 0) is 18.3 Å². The highest BCUT2D eigenvalue weighted by Crippen LogP contribution is 2.32. The molecule has 0 bridgehead atoms. The average molecular weight is 538 g/mol. The Morgan fingerprint density at radius 2 is 1.71 bits per heavy atom. The summed E-state index contributed by atoms with van der Waals surface area (Å²) in [7, 11) is 1.99. The lowest BCUT2D eigenvalue weighted by molar-refractivity contribution is -0.108. The SMILES string of the molecule is Cn1c(-c2ccc(-n3cnc4ccccc43)cc2)cnc1C(Cc1ccccn1)N(C=O)c1cc2ccccc2[nH]1. The first-order chi connectivity index (χ1) is 20.2. The number of aromatic amines is 1. The van der Waals surface area contributed by atoms with Gasteiger partial charge in [-0.1, -0.05) is 48.5 Å². The number of anilines is 1. The van der Waals surface area contributed by atoms with Crippen LogP contribution < -0.4 is 4.90 Å². The van der Waals surface area contributed by atoms with Gasteiger partial charge in [0.2, 0.25) is 6.41 Å². The number of para-hydroxylation sites is 3. The largest absolute Gasteiger partial charge is 0.341 e. The van der Waals surface area contributed by atoms with Gasteiger partial charge in [0.25, 0.3) is 0 Å². The van der Waals surface area contributed by atoms with Crippen molar-refractivity contribution in [3.8, 4) is 16.9 Å². The third-order valence-corrected chi connectivity index (χ3v) is 7.59. The lowest BCUT2D eigenvalue weighted by atomic mass is 10.1. The summed E-state index contributed by atoms with van der Waals surface area (Å²) in [5.74, 6) is 1.48. The number of nitrogens with one attached hydrogen (secondary N) is 1. The van der Waals surface area contributed by atoms with E-state index in [1.54, 1.807) is 11.1 Å². The highest BCUT2D eigenvalue weighted by molar-refractivity contribution is 5.88. The highest BCUT2D eigenvalue weighted by Gasteiger charge is 2.28. The molecule has 7 rings (SSSR count). The Morgan fingerprint density at radius 1 is 0.902 bits per heavy atom. The predicted octanol–water partition coefficient (Wildman–Crippen LogP) is 6.25. The van der Waals surface area contributed by atoms with E-state index >= 15 is 0 Å². The van der Waals surface area contributed by atoms with Gasteiger partial charge in [0.1, 0.15) is 24.0 Å². The molecule has 200 valence electrons. The Labute approximate surface area is 236 Å². The highest BCUT2D eigenvalue weighted by atomic mass is 16.1. The van der Waals surface area contributed by atoms with Gasteiger partial charge >= 0.3 is 0 Å². The Balaban J connectivity index is 1.26. The number of carbonyl (C=O) groups is 1. The number of fused-ring (bicyclic) bond motifs is 2. The van der Waals surface area contributed by atoms with Crippen molar-refractivity contribution in [3.05, 3.63) is 127 Å². The Morgan fingerprint density at radius 3 is 2.51 bits per heavy atom. The number of nitrogens with zero attached hydrogens (tertiary/aromatic N) is 6. The zero-order valence-electron chi connectivity index (χ0n) is 22.4. The number of imidazole rings is 2. The van der Waals surface area contributed by atoms with Crippen molar-refractivity contribution >= 4 is 34.2 Å². The van der Waals surface area contributed by atoms with Crippen molar-refractivity contribution in [2.75, 3.05) is 4.90 Å². The summed E-state index contributed by atoms with van der Waals surface area (Å²) < 4.78 is 4.15. The molecule has 0 radical (unpaired) electrons. The minimum absolute atomic E-state index is 0.384. The zero-order valence-corrected chi connectivity index (χ0v) is 22.4. The van der Waals surface area contributed by atoms with Crippen LogP contribution in [0.25, 0.3) is 38.9 Å². The fraction of sp³-hybridized carbons (Fsp3) is 0.0909. The van der Waals surface area contributed by atoms with E-state index in [1.165, 1.54) is 0 Å². The second-order valence-electron chi connectivity index (χ2n) is 10.0. The molecule has 1 atom stereocenters. The third-order valence-electron chi connectivity index (χ3n) is 7.59. The van der Waals surface area contributed by atoms with Crippen molar-refractivity contribution in [1.82, 2.24) is 29.1 Å². The van der Waals surface area contributed by atoms with Crippen molar-refractivity contribution < 1.29 is 4.79 Å². The van der Waals surface area contributed by atoms with E-state index in [9.17, 15) is 4.79 Å². The van der Waals surface area contributed by atoms with Gasteiger partial charge in [-0.25, -0.2) is 9.97 Å². The number of pyridine rings is 1. The van der Waals surface area contributed by atoms with Crippen LogP contribution in [0.4, 0.5) is 5.82 Å². The summed E-state index contributed by atoms with van der Waals surface area (Å²) in [5, 5.41) is 1.04. The van der Waals surface area contributed by atoms with E-state index in [1.807, 2.05) is 86.3 Å². The summed E-state index contributed by atoms with van der Waals surface area (Å²) in [6.45, 7) is 0. The first-order valence-corrected chi connectivity index (χ1v) is 13.5. The molecule has 1 N–H and O–H groups in total. The minimum atomic E-state index is -0.384. The molecule has 4 aromatic heterocycles. The Kier molecular flexibility index (Phi) is 6.13. The molecule has 0 fully saturated rings. The first-order valence-electron chi connectivity index (χ1n) is 13.5. The second-order valence-corrected chi connectivity index (χ2v) is 10.0. The summed E-state index contributed by atoms with van der Waals surface area (Å²) >= 11 is 0. The van der Waals surface area contributed by atoms with Crippen LogP contribution in [0.3, 0.4) is 0 Å². The predicted molar refractivity (Wildman–Crippen MR) is 161 cm³/mol. The molecule has 0 saturated carbocycles. The number of carbonyl (C=O) groups excluding carboxylic acids is 1. The van der Waals surface area contributed by atoms with Crippen LogP contribution in [0.5, 0.6) is 0 Å². The van der Waals surface area contributed by atoms with Crippen molar-refractivity contribution in [3.63, 3.8) is 0 Å². The molecule has 1 amide bonds. The number of hydrogen-bond acceptors (Lipinski definition) is 4. The van der Waals surface area contributed by atoms with Crippen molar-refractivity contribution in [1.29, 1.82) is 0 Å². The fourth-order valence-corrected chi connectivity index (χ4v) is 5.49. The summed E-state index contributed by atoms with van der Waals surface area (Å²) in [6, 6.07) is 31.9. The maximum atomic E-state index is 12.7. The molecular weight excluding hydrogens is 510 g/mol. The number of hydrogen-bond donors (Lipinski definition) is 1. The normalized spacial score (nSPS) is 12.1. The van der Waals surface area contributed by atoms with Gasteiger partial charge in [-0.05, 0) is 54.1 Å². The molecule has 8 heteroatoms. The Hall–Kier alpha value is -5.50. The molecule has 1 unspecified atom stereocenters. The molecule has 41 heavy (non-hydrogen) atoms. The maximum Gasteiger partial charge on any atom is 0.215 e. The molecule has 7 aromatic rings. The smallest absolute Gasteiger partial charge is 0.215 e. The lowest BCUT2D eigenvalue weighted by Crippen LogP contribution is -2.31. The molecule has 3 aromatic carbocycles. The molecule has 8 nitrogen and oxygen atoms in total. The molecule has 4 heterocycles. The summed E-state index contributed by atoms with van der Waals surface area (Å²) in [6.07, 6.45) is 6.87. The monoisotopic (exact) mass is 537 g/mol. The molecule has 0 saturated heterocycles. The van der Waals surface area contributed by atoms with Gasteiger partial charge in [-0.15, -0.1) is 0 Å². The van der Waals surface area contributed by atoms with Gasteiger partial charge in [0, 0.05) is 41.9 Å². The molecule has 0 aliphatic carbocycles. The molecular formula is C33H27N7O. The van der Waals surface area contributed by atoms with Gasteiger partial charge in [-0.3, -0.25) is 19.2 Å². The lowest BCUT2D eigenvalue weighted by Gasteiger charge is -2.27. The number of H-pyrrole nitrogens is 1. The topological polar surface area (TPSA) is 84.6 Å². The third kappa shape index (κ3) is 4.45. The van der Waals surface area contributed by atoms with E-state index in [-0.39, 0.29) is 6.04 Å². The van der Waals surface area contributed by atoms with E-state index < -0.39 is 0 Å². The summed E-state index contributed by atoms with van der Waals surface area (Å²) in [4.78, 5) is 31.7. The molecule has 0 spiro atoms. The van der Waals surface area contributed by atoms with Gasteiger partial charge < -0.3 is 9.55 Å². The number of rotatable bonds is 8. The first kappa shape index (κ1) is 24.5. The van der Waals surface area contributed by atoms with E-state index in [0.717, 1.165) is 56.8 Å². The van der Waals surface area contributed by atoms with Crippen LogP contribution >= 0.6 is 0 Å². The van der Waals surface area contributed by atoms with Crippen LogP contribution in [-0.4, -0.2) is 35.5 Å². The number of aromatic nitrogens is 6. The molecule has 0 aliphatic rings. The zero-order chi connectivity index (χ0) is 27.8. The minimum Gasteiger partial charge on any atom is -0.341 e. The van der Waals surface area contributed by atoms with Crippen LogP contribution in [0.15, 0.2) is 116 Å². The quantitative estimate of drug-likeness (QED) is 0.232. The van der Waals surface area contributed by atoms with Gasteiger partial charge in [-0.2, -0.15) is 0 Å². The second kappa shape index (κ2) is 10.2. The van der Waals surface area contributed by atoms with Crippen molar-refractivity contribution in [2.24, 2.45) is 7.05 Å². The Bertz CT molecular complexity index is 1940. The van der Waals surface area contributed by atoms with Crippen LogP contribution in [0.2, 0.25) is 0 Å². The van der Waals surface area contributed by atoms with E-state index in [4.69, 9.17) is 4.98 Å². The van der Waals surface area contributed by atoms with E-state index in [0.29, 0.717) is 12.2 Å². The van der Waals surface area contributed by atoms with Gasteiger partial charge in [0.05, 0.1) is 22.9 Å². The van der Waals surface area contributed by atoms with Crippen LogP contribution in [0, 0.1) is 0 Å². The average Bonchev–Trinajstić information content (AvgIpc) is 3.74. The maximum absolute atomic E-state index is 12.7. The van der Waals surface area contributed by atoms with E-state index in [2.05, 4.69) is 54.4 Å². The number of amides is 1.